The summed E-state index contributed by atoms with van der Waals surface area (Å²) in [5.74, 6) is -0.621. The number of aromatic nitrogens is 1. The average molecular weight is 352 g/mol. The fourth-order valence-corrected chi connectivity index (χ4v) is 3.73. The normalized spacial score (nSPS) is 11.3. The van der Waals surface area contributed by atoms with Crippen molar-refractivity contribution in [3.8, 4) is 0 Å². The Kier molecular flexibility index (Phi) is 4.96. The zero-order chi connectivity index (χ0) is 17.2. The van der Waals surface area contributed by atoms with Gasteiger partial charge in [0.2, 0.25) is 0 Å². The van der Waals surface area contributed by atoms with Crippen LogP contribution in [0.25, 0.3) is 0 Å². The van der Waals surface area contributed by atoms with Crippen molar-refractivity contribution in [2.24, 2.45) is 0 Å². The second-order valence-corrected chi connectivity index (χ2v) is 8.15. The van der Waals surface area contributed by atoms with Gasteiger partial charge in [-0.05, 0) is 25.1 Å². The molecule has 0 aliphatic heterocycles. The number of nitrogens with one attached hydrogen (secondary N) is 1. The summed E-state index contributed by atoms with van der Waals surface area (Å²) in [5, 5.41) is 2.90. The van der Waals surface area contributed by atoms with Gasteiger partial charge in [-0.1, -0.05) is 24.3 Å². The van der Waals surface area contributed by atoms with Crippen molar-refractivity contribution in [1.29, 1.82) is 0 Å². The van der Waals surface area contributed by atoms with Crippen LogP contribution >= 0.6 is 11.3 Å². The van der Waals surface area contributed by atoms with Gasteiger partial charge in [-0.3, -0.25) is 14.9 Å². The second kappa shape index (κ2) is 6.59. The minimum absolute atomic E-state index is 0.0360. The van der Waals surface area contributed by atoms with Gasteiger partial charge in [-0.25, -0.2) is 13.4 Å². The summed E-state index contributed by atoms with van der Waals surface area (Å²) in [6, 6.07) is 5.83. The number of rotatable bonds is 5. The maximum atomic E-state index is 12.2. The topological polar surface area (TPSA) is 93.2 Å². The van der Waals surface area contributed by atoms with Crippen molar-refractivity contribution < 1.29 is 18.0 Å². The van der Waals surface area contributed by atoms with E-state index < -0.39 is 15.7 Å². The van der Waals surface area contributed by atoms with Gasteiger partial charge in [0, 0.05) is 12.5 Å². The smallest absolute Gasteiger partial charge is 0.257 e. The standard InChI is InChI=1S/C15H16N2O4S2/c1-4-23(20,21)12-7-5-6-11(8-12)14(19)17-15-16-9(2)13(22-15)10(3)18/h5-8H,4H2,1-3H3,(H,16,17,19). The van der Waals surface area contributed by atoms with Crippen LogP contribution in [0.2, 0.25) is 0 Å². The highest BCUT2D eigenvalue weighted by Gasteiger charge is 2.17. The molecule has 0 aliphatic rings. The van der Waals surface area contributed by atoms with Crippen molar-refractivity contribution in [3.05, 3.63) is 40.4 Å². The summed E-state index contributed by atoms with van der Waals surface area (Å²) in [6.07, 6.45) is 0. The molecule has 1 amide bonds. The molecule has 2 rings (SSSR count). The molecule has 0 saturated carbocycles. The first kappa shape index (κ1) is 17.3. The predicted octanol–water partition coefficient (Wildman–Crippen LogP) is 2.70. The van der Waals surface area contributed by atoms with Crippen LogP contribution in [0.5, 0.6) is 0 Å². The van der Waals surface area contributed by atoms with E-state index in [9.17, 15) is 18.0 Å². The first-order chi connectivity index (χ1) is 10.7. The lowest BCUT2D eigenvalue weighted by atomic mass is 10.2. The minimum atomic E-state index is -3.38. The monoisotopic (exact) mass is 352 g/mol. The van der Waals surface area contributed by atoms with Gasteiger partial charge < -0.3 is 0 Å². The van der Waals surface area contributed by atoms with Crippen LogP contribution in [0.4, 0.5) is 5.13 Å². The lowest BCUT2D eigenvalue weighted by Crippen LogP contribution is -2.13. The average Bonchev–Trinajstić information content (AvgIpc) is 2.88. The first-order valence-corrected chi connectivity index (χ1v) is 9.34. The first-order valence-electron chi connectivity index (χ1n) is 6.87. The van der Waals surface area contributed by atoms with E-state index in [1.165, 1.54) is 31.2 Å². The molecule has 1 aromatic heterocycles. The molecule has 6 nitrogen and oxygen atoms in total. The minimum Gasteiger partial charge on any atom is -0.298 e. The van der Waals surface area contributed by atoms with Crippen LogP contribution in [-0.2, 0) is 9.84 Å². The van der Waals surface area contributed by atoms with Crippen LogP contribution < -0.4 is 5.32 Å². The molecule has 0 aliphatic carbocycles. The number of benzene rings is 1. The highest BCUT2D eigenvalue weighted by molar-refractivity contribution is 7.91. The Balaban J connectivity index is 2.26. The molecule has 2 aromatic rings. The number of sulfone groups is 1. The third-order valence-electron chi connectivity index (χ3n) is 3.17. The Labute approximate surface area is 138 Å². The molecule has 8 heteroatoms. The van der Waals surface area contributed by atoms with E-state index in [1.54, 1.807) is 13.8 Å². The lowest BCUT2D eigenvalue weighted by Gasteiger charge is -2.05. The summed E-state index contributed by atoms with van der Waals surface area (Å²) in [4.78, 5) is 28.4. The highest BCUT2D eigenvalue weighted by Crippen LogP contribution is 2.23. The number of anilines is 1. The molecule has 0 unspecified atom stereocenters. The number of hydrogen-bond acceptors (Lipinski definition) is 6. The molecular formula is C15H16N2O4S2. The molecule has 0 radical (unpaired) electrons. The van der Waals surface area contributed by atoms with Gasteiger partial charge in [0.1, 0.15) is 0 Å². The van der Waals surface area contributed by atoms with Gasteiger partial charge in [-0.15, -0.1) is 0 Å². The third kappa shape index (κ3) is 3.83. The molecule has 122 valence electrons. The molecule has 1 heterocycles. The summed E-state index contributed by atoms with van der Waals surface area (Å²) >= 11 is 1.09. The molecule has 23 heavy (non-hydrogen) atoms. The van der Waals surface area contributed by atoms with Gasteiger partial charge in [-0.2, -0.15) is 0 Å². The Morgan fingerprint density at radius 1 is 1.30 bits per heavy atom. The largest absolute Gasteiger partial charge is 0.298 e. The molecule has 1 aromatic carbocycles. The van der Waals surface area contributed by atoms with Gasteiger partial charge >= 0.3 is 0 Å². The summed E-state index contributed by atoms with van der Waals surface area (Å²) < 4.78 is 23.8. The lowest BCUT2D eigenvalue weighted by molar-refractivity contribution is 0.101. The van der Waals surface area contributed by atoms with E-state index >= 15 is 0 Å². The maximum Gasteiger partial charge on any atom is 0.257 e. The number of hydrogen-bond donors (Lipinski definition) is 1. The molecule has 0 atom stereocenters. The molecule has 0 fully saturated rings. The molecule has 0 spiro atoms. The number of carbonyl (C=O) groups is 2. The van der Waals surface area contributed by atoms with E-state index in [2.05, 4.69) is 10.3 Å². The van der Waals surface area contributed by atoms with Gasteiger partial charge in [0.25, 0.3) is 5.91 Å². The van der Waals surface area contributed by atoms with Crippen molar-refractivity contribution >= 4 is 38.0 Å². The van der Waals surface area contributed by atoms with E-state index in [-0.39, 0.29) is 22.0 Å². The van der Waals surface area contributed by atoms with Gasteiger partial charge in [0.15, 0.2) is 20.8 Å². The van der Waals surface area contributed by atoms with Crippen molar-refractivity contribution in [1.82, 2.24) is 4.98 Å². The number of Topliss-reactive ketones (excluding diaryl/α,β-unsaturated/α-hetero) is 1. The SMILES string of the molecule is CCS(=O)(=O)c1cccc(C(=O)Nc2nc(C)c(C(C)=O)s2)c1. The fraction of sp³-hybridized carbons (Fsp3) is 0.267. The van der Waals surface area contributed by atoms with Crippen molar-refractivity contribution in [2.75, 3.05) is 11.1 Å². The Bertz CT molecular complexity index is 869. The zero-order valence-corrected chi connectivity index (χ0v) is 14.5. The van der Waals surface area contributed by atoms with Crippen molar-refractivity contribution in [3.63, 3.8) is 0 Å². The molecule has 0 saturated heterocycles. The number of thiazole rings is 1. The van der Waals surface area contributed by atoms with E-state index in [0.29, 0.717) is 15.7 Å². The van der Waals surface area contributed by atoms with Crippen molar-refractivity contribution in [2.45, 2.75) is 25.7 Å². The van der Waals surface area contributed by atoms with E-state index in [0.717, 1.165) is 11.3 Å². The number of amides is 1. The van der Waals surface area contributed by atoms with Crippen LogP contribution in [0.3, 0.4) is 0 Å². The quantitative estimate of drug-likeness (QED) is 0.835. The van der Waals surface area contributed by atoms with E-state index in [1.807, 2.05) is 0 Å². The van der Waals surface area contributed by atoms with Crippen LogP contribution in [0, 0.1) is 6.92 Å². The highest BCUT2D eigenvalue weighted by atomic mass is 32.2. The summed E-state index contributed by atoms with van der Waals surface area (Å²) in [5.41, 5.74) is 0.775. The number of ketones is 1. The van der Waals surface area contributed by atoms with Crippen LogP contribution in [0.1, 0.15) is 39.6 Å². The summed E-state index contributed by atoms with van der Waals surface area (Å²) in [7, 11) is -3.38. The number of aryl methyl sites for hydroxylation is 1. The number of carbonyl (C=O) groups excluding carboxylic acids is 2. The van der Waals surface area contributed by atoms with Crippen LogP contribution in [0.15, 0.2) is 29.2 Å². The summed E-state index contributed by atoms with van der Waals surface area (Å²) in [6.45, 7) is 4.67. The molecular weight excluding hydrogens is 336 g/mol. The Morgan fingerprint density at radius 2 is 2.00 bits per heavy atom. The van der Waals surface area contributed by atoms with Crippen LogP contribution in [-0.4, -0.2) is 30.8 Å². The Morgan fingerprint density at radius 3 is 2.57 bits per heavy atom. The van der Waals surface area contributed by atoms with Gasteiger partial charge in [0.05, 0.1) is 21.2 Å². The molecule has 0 bridgehead atoms. The predicted molar refractivity (Wildman–Crippen MR) is 89.0 cm³/mol. The second-order valence-electron chi connectivity index (χ2n) is 4.88. The maximum absolute atomic E-state index is 12.2. The zero-order valence-electron chi connectivity index (χ0n) is 12.9. The fourth-order valence-electron chi connectivity index (χ4n) is 1.94. The molecule has 1 N–H and O–H groups in total. The number of nitrogens with zero attached hydrogens (tertiary/aromatic N) is 1. The van der Waals surface area contributed by atoms with E-state index in [4.69, 9.17) is 0 Å². The third-order valence-corrected chi connectivity index (χ3v) is 6.08. The Hall–Kier alpha value is -2.06.